The van der Waals surface area contributed by atoms with Crippen LogP contribution in [0.3, 0.4) is 0 Å². The van der Waals surface area contributed by atoms with Gasteiger partial charge in [-0.1, -0.05) is 27.4 Å². The maximum atomic E-state index is 4.17. The summed E-state index contributed by atoms with van der Waals surface area (Å²) < 4.78 is 1.95. The van der Waals surface area contributed by atoms with Gasteiger partial charge in [0.05, 0.1) is 0 Å². The van der Waals surface area contributed by atoms with E-state index in [4.69, 9.17) is 0 Å². The normalized spacial score (nSPS) is 8.58. The summed E-state index contributed by atoms with van der Waals surface area (Å²) >= 11 is 0. The SMILES string of the molecule is C=Cn1ccnc1CCC.CC. The number of aryl methyl sites for hydroxylation is 1. The molecular weight excluding hydrogens is 148 g/mol. The Kier molecular flexibility index (Phi) is 6.07. The van der Waals surface area contributed by atoms with Crippen molar-refractivity contribution in [3.8, 4) is 0 Å². The van der Waals surface area contributed by atoms with Gasteiger partial charge in [0.1, 0.15) is 5.82 Å². The highest BCUT2D eigenvalue weighted by Gasteiger charge is 1.95. The molecule has 0 aliphatic carbocycles. The van der Waals surface area contributed by atoms with Crippen LogP contribution in [0, 0.1) is 0 Å². The van der Waals surface area contributed by atoms with Crippen LogP contribution in [-0.2, 0) is 6.42 Å². The molecule has 2 heteroatoms. The average molecular weight is 166 g/mol. The number of imidazole rings is 1. The van der Waals surface area contributed by atoms with E-state index in [9.17, 15) is 0 Å². The molecule has 0 aliphatic rings. The molecule has 1 heterocycles. The molecule has 0 aliphatic heterocycles. The zero-order chi connectivity index (χ0) is 9.40. The molecule has 0 saturated heterocycles. The van der Waals surface area contributed by atoms with Crippen molar-refractivity contribution in [2.45, 2.75) is 33.6 Å². The molecule has 0 aromatic carbocycles. The van der Waals surface area contributed by atoms with Crippen molar-refractivity contribution >= 4 is 6.20 Å². The first-order valence-electron chi connectivity index (χ1n) is 4.52. The molecule has 0 bridgehead atoms. The van der Waals surface area contributed by atoms with Crippen LogP contribution >= 0.6 is 0 Å². The molecule has 1 rings (SSSR count). The summed E-state index contributed by atoms with van der Waals surface area (Å²) in [5.74, 6) is 1.09. The molecule has 0 saturated carbocycles. The molecule has 0 atom stereocenters. The van der Waals surface area contributed by atoms with E-state index >= 15 is 0 Å². The molecule has 1 aromatic heterocycles. The molecule has 2 nitrogen and oxygen atoms in total. The lowest BCUT2D eigenvalue weighted by Crippen LogP contribution is -1.93. The predicted molar refractivity (Wildman–Crippen MR) is 54.0 cm³/mol. The first kappa shape index (κ1) is 11.0. The van der Waals surface area contributed by atoms with Crippen LogP contribution in [0.15, 0.2) is 19.0 Å². The zero-order valence-electron chi connectivity index (χ0n) is 8.25. The van der Waals surface area contributed by atoms with E-state index in [0.717, 1.165) is 18.7 Å². The minimum atomic E-state index is 1.03. The molecule has 0 spiro atoms. The van der Waals surface area contributed by atoms with Crippen LogP contribution in [0.1, 0.15) is 33.0 Å². The van der Waals surface area contributed by atoms with Crippen LogP contribution in [-0.4, -0.2) is 9.55 Å². The Balaban J connectivity index is 0.000000561. The third-order valence-corrected chi connectivity index (χ3v) is 1.42. The summed E-state index contributed by atoms with van der Waals surface area (Å²) in [6.45, 7) is 9.81. The van der Waals surface area contributed by atoms with Crippen LogP contribution in [0.4, 0.5) is 0 Å². The third kappa shape index (κ3) is 2.91. The zero-order valence-corrected chi connectivity index (χ0v) is 8.25. The van der Waals surface area contributed by atoms with Gasteiger partial charge in [-0.15, -0.1) is 0 Å². The molecule has 0 radical (unpaired) electrons. The van der Waals surface area contributed by atoms with Gasteiger partial charge < -0.3 is 4.57 Å². The monoisotopic (exact) mass is 166 g/mol. The number of hydrogen-bond acceptors (Lipinski definition) is 1. The first-order valence-corrected chi connectivity index (χ1v) is 4.52. The van der Waals surface area contributed by atoms with Crippen molar-refractivity contribution < 1.29 is 0 Å². The summed E-state index contributed by atoms with van der Waals surface area (Å²) in [7, 11) is 0. The molecule has 0 N–H and O–H groups in total. The van der Waals surface area contributed by atoms with E-state index in [1.165, 1.54) is 0 Å². The van der Waals surface area contributed by atoms with Crippen LogP contribution in [0.25, 0.3) is 6.20 Å². The standard InChI is InChI=1S/C8H12N2.C2H6/c1-3-5-8-9-6-7-10(8)4-2;1-2/h4,6-7H,2-3,5H2,1H3;1-2H3. The smallest absolute Gasteiger partial charge is 0.112 e. The Morgan fingerprint density at radius 2 is 2.25 bits per heavy atom. The third-order valence-electron chi connectivity index (χ3n) is 1.42. The van der Waals surface area contributed by atoms with E-state index in [-0.39, 0.29) is 0 Å². The van der Waals surface area contributed by atoms with Crippen molar-refractivity contribution in [3.63, 3.8) is 0 Å². The summed E-state index contributed by atoms with van der Waals surface area (Å²) in [4.78, 5) is 4.17. The summed E-state index contributed by atoms with van der Waals surface area (Å²) in [5.41, 5.74) is 0. The summed E-state index contributed by atoms with van der Waals surface area (Å²) in [6, 6.07) is 0. The number of nitrogens with zero attached hydrogens (tertiary/aromatic N) is 2. The van der Waals surface area contributed by atoms with Crippen LogP contribution < -0.4 is 0 Å². The van der Waals surface area contributed by atoms with Gasteiger partial charge >= 0.3 is 0 Å². The highest BCUT2D eigenvalue weighted by molar-refractivity contribution is 5.19. The van der Waals surface area contributed by atoms with E-state index in [2.05, 4.69) is 18.5 Å². The maximum Gasteiger partial charge on any atom is 0.112 e. The fourth-order valence-electron chi connectivity index (χ4n) is 0.927. The fourth-order valence-corrected chi connectivity index (χ4v) is 0.927. The van der Waals surface area contributed by atoms with Crippen LogP contribution in [0.2, 0.25) is 0 Å². The minimum absolute atomic E-state index is 1.03. The molecule has 68 valence electrons. The quantitative estimate of drug-likeness (QED) is 0.675. The van der Waals surface area contributed by atoms with Crippen molar-refractivity contribution in [1.82, 2.24) is 9.55 Å². The number of rotatable bonds is 3. The van der Waals surface area contributed by atoms with E-state index in [0.29, 0.717) is 0 Å². The van der Waals surface area contributed by atoms with E-state index in [1.54, 1.807) is 12.4 Å². The van der Waals surface area contributed by atoms with Crippen molar-refractivity contribution in [2.24, 2.45) is 0 Å². The molecule has 0 fully saturated rings. The van der Waals surface area contributed by atoms with Gasteiger partial charge in [0.15, 0.2) is 0 Å². The van der Waals surface area contributed by atoms with Gasteiger partial charge in [0.25, 0.3) is 0 Å². The molecule has 0 unspecified atom stereocenters. The van der Waals surface area contributed by atoms with Gasteiger partial charge in [0.2, 0.25) is 0 Å². The lowest BCUT2D eigenvalue weighted by molar-refractivity contribution is 0.825. The van der Waals surface area contributed by atoms with Gasteiger partial charge in [-0.25, -0.2) is 4.98 Å². The molecular formula is C10H18N2. The van der Waals surface area contributed by atoms with Gasteiger partial charge in [-0.3, -0.25) is 0 Å². The van der Waals surface area contributed by atoms with Crippen molar-refractivity contribution in [1.29, 1.82) is 0 Å². The Morgan fingerprint density at radius 1 is 1.58 bits per heavy atom. The van der Waals surface area contributed by atoms with Gasteiger partial charge in [0, 0.05) is 25.0 Å². The number of aromatic nitrogens is 2. The predicted octanol–water partition coefficient (Wildman–Crippen LogP) is 2.96. The highest BCUT2D eigenvalue weighted by atomic mass is 15.0. The second kappa shape index (κ2) is 6.65. The topological polar surface area (TPSA) is 17.8 Å². The summed E-state index contributed by atoms with van der Waals surface area (Å²) in [5, 5.41) is 0. The molecule has 1 aromatic rings. The van der Waals surface area contributed by atoms with Gasteiger partial charge in [-0.2, -0.15) is 0 Å². The maximum absolute atomic E-state index is 4.17. The molecule has 12 heavy (non-hydrogen) atoms. The summed E-state index contributed by atoms with van der Waals surface area (Å²) in [6.07, 6.45) is 7.65. The van der Waals surface area contributed by atoms with Gasteiger partial charge in [-0.05, 0) is 6.42 Å². The van der Waals surface area contributed by atoms with Crippen molar-refractivity contribution in [2.75, 3.05) is 0 Å². The van der Waals surface area contributed by atoms with Crippen molar-refractivity contribution in [3.05, 3.63) is 24.8 Å². The first-order chi connectivity index (χ1) is 5.88. The fraction of sp³-hybridized carbons (Fsp3) is 0.500. The Hall–Kier alpha value is -1.05. The molecule has 0 amide bonds. The Bertz CT molecular complexity index is 213. The van der Waals surface area contributed by atoms with E-state index in [1.807, 2.05) is 24.6 Å². The van der Waals surface area contributed by atoms with E-state index < -0.39 is 0 Å². The number of hydrogen-bond donors (Lipinski definition) is 0. The Labute approximate surface area is 74.9 Å². The van der Waals surface area contributed by atoms with Crippen LogP contribution in [0.5, 0.6) is 0 Å². The largest absolute Gasteiger partial charge is 0.311 e. The average Bonchev–Trinajstić information content (AvgIpc) is 2.56. The second-order valence-corrected chi connectivity index (χ2v) is 2.18. The Morgan fingerprint density at radius 3 is 2.75 bits per heavy atom. The lowest BCUT2D eigenvalue weighted by Gasteiger charge is -1.97. The lowest BCUT2D eigenvalue weighted by atomic mass is 10.3. The second-order valence-electron chi connectivity index (χ2n) is 2.18. The minimum Gasteiger partial charge on any atom is -0.311 e. The highest BCUT2D eigenvalue weighted by Crippen LogP contribution is 2.00.